The highest BCUT2D eigenvalue weighted by molar-refractivity contribution is 9.10. The van der Waals surface area contributed by atoms with Crippen LogP contribution in [0.25, 0.3) is 16.0 Å². The van der Waals surface area contributed by atoms with E-state index < -0.39 is 35.1 Å². The lowest BCUT2D eigenvalue weighted by Crippen LogP contribution is -2.29. The van der Waals surface area contributed by atoms with E-state index >= 15 is 0 Å². The molecule has 1 aliphatic heterocycles. The number of aliphatic hydroxyl groups excluding tert-OH is 1. The molecule has 0 bridgehead atoms. The molecule has 4 aromatic rings. The van der Waals surface area contributed by atoms with Crippen LogP contribution in [0.4, 0.5) is 13.9 Å². The molecule has 5 rings (SSSR count). The molecule has 1 aliphatic rings. The van der Waals surface area contributed by atoms with Crippen molar-refractivity contribution in [3.63, 3.8) is 0 Å². The number of benzene rings is 3. The highest BCUT2D eigenvalue weighted by Gasteiger charge is 2.48. The zero-order valence-corrected chi connectivity index (χ0v) is 19.0. The lowest BCUT2D eigenvalue weighted by Gasteiger charge is -2.23. The number of carbonyl (C=O) groups excluding carboxylic acids is 2. The van der Waals surface area contributed by atoms with Crippen molar-refractivity contribution < 1.29 is 23.5 Å². The van der Waals surface area contributed by atoms with Crippen LogP contribution in [0, 0.1) is 11.6 Å². The highest BCUT2D eigenvalue weighted by atomic mass is 79.9. The minimum absolute atomic E-state index is 0.139. The van der Waals surface area contributed by atoms with Gasteiger partial charge in [0.15, 0.2) is 5.13 Å². The van der Waals surface area contributed by atoms with Crippen LogP contribution in [0.5, 0.6) is 0 Å². The van der Waals surface area contributed by atoms with Crippen molar-refractivity contribution in [1.29, 1.82) is 0 Å². The summed E-state index contributed by atoms with van der Waals surface area (Å²) in [6, 6.07) is 15.0. The lowest BCUT2D eigenvalue weighted by molar-refractivity contribution is -0.132. The number of nitrogens with zero attached hydrogens (tertiary/aromatic N) is 2. The molecule has 1 aromatic heterocycles. The monoisotopic (exact) mass is 526 g/mol. The summed E-state index contributed by atoms with van der Waals surface area (Å²) in [6.45, 7) is 0. The molecule has 1 N–H and O–H groups in total. The Kier molecular flexibility index (Phi) is 5.30. The first-order chi connectivity index (χ1) is 15.8. The standard InChI is InChI=1S/C24H13BrF2N2O3S/c25-14-5-1-12(2-6-14)20-19(21(30)13-3-7-15(26)8-4-13)22(31)23(32)29(20)24-28-17-10-9-16(27)11-18(17)33-24/h1-11,20,30H/t20-/m0/s1. The molecule has 3 aromatic carbocycles. The van der Waals surface area contributed by atoms with Crippen molar-refractivity contribution in [1.82, 2.24) is 4.98 Å². The van der Waals surface area contributed by atoms with Gasteiger partial charge in [0.2, 0.25) is 0 Å². The third kappa shape index (κ3) is 3.73. The summed E-state index contributed by atoms with van der Waals surface area (Å²) in [5.41, 5.74) is 1.10. The number of rotatable bonds is 3. The fourth-order valence-electron chi connectivity index (χ4n) is 3.74. The molecule has 0 unspecified atom stereocenters. The number of aliphatic hydroxyl groups is 1. The summed E-state index contributed by atoms with van der Waals surface area (Å²) in [7, 11) is 0. The number of halogens is 3. The Balaban J connectivity index is 1.73. The number of Topliss-reactive ketones (excluding diaryl/α,β-unsaturated/α-hetero) is 1. The third-order valence-corrected chi connectivity index (χ3v) is 6.84. The second-order valence-electron chi connectivity index (χ2n) is 7.34. The van der Waals surface area contributed by atoms with Gasteiger partial charge in [0.25, 0.3) is 5.78 Å². The summed E-state index contributed by atoms with van der Waals surface area (Å²) in [6.07, 6.45) is 0. The van der Waals surface area contributed by atoms with Crippen LogP contribution < -0.4 is 4.90 Å². The lowest BCUT2D eigenvalue weighted by atomic mass is 9.95. The maximum Gasteiger partial charge on any atom is 0.301 e. The van der Waals surface area contributed by atoms with Gasteiger partial charge in [-0.3, -0.25) is 14.5 Å². The zero-order chi connectivity index (χ0) is 23.3. The Hall–Kier alpha value is -3.43. The van der Waals surface area contributed by atoms with Gasteiger partial charge in [-0.1, -0.05) is 39.4 Å². The molecule has 5 nitrogen and oxygen atoms in total. The van der Waals surface area contributed by atoms with Crippen LogP contribution in [0.3, 0.4) is 0 Å². The Morgan fingerprint density at radius 2 is 1.64 bits per heavy atom. The maximum absolute atomic E-state index is 13.7. The topological polar surface area (TPSA) is 70.5 Å². The van der Waals surface area contributed by atoms with Gasteiger partial charge in [-0.15, -0.1) is 0 Å². The fraction of sp³-hybridized carbons (Fsp3) is 0.0417. The maximum atomic E-state index is 13.7. The molecule has 164 valence electrons. The van der Waals surface area contributed by atoms with E-state index in [0.717, 1.165) is 27.9 Å². The smallest absolute Gasteiger partial charge is 0.301 e. The summed E-state index contributed by atoms with van der Waals surface area (Å²) >= 11 is 4.43. The normalized spacial score (nSPS) is 17.8. The van der Waals surface area contributed by atoms with E-state index in [9.17, 15) is 23.5 Å². The van der Waals surface area contributed by atoms with Gasteiger partial charge >= 0.3 is 5.91 Å². The van der Waals surface area contributed by atoms with Crippen molar-refractivity contribution in [3.05, 3.63) is 99.5 Å². The summed E-state index contributed by atoms with van der Waals surface area (Å²) in [5, 5.41) is 11.2. The molecular formula is C24H13BrF2N2O3S. The molecule has 1 amide bonds. The Morgan fingerprint density at radius 1 is 0.970 bits per heavy atom. The molecule has 1 atom stereocenters. The van der Waals surface area contributed by atoms with Crippen LogP contribution >= 0.6 is 27.3 Å². The fourth-order valence-corrected chi connectivity index (χ4v) is 5.02. The average molecular weight is 527 g/mol. The number of hydrogen-bond donors (Lipinski definition) is 1. The van der Waals surface area contributed by atoms with Crippen molar-refractivity contribution in [3.8, 4) is 0 Å². The summed E-state index contributed by atoms with van der Waals surface area (Å²) in [4.78, 5) is 31.9. The van der Waals surface area contributed by atoms with Gasteiger partial charge in [0.05, 0.1) is 21.8 Å². The van der Waals surface area contributed by atoms with Crippen LogP contribution in [-0.4, -0.2) is 21.8 Å². The van der Waals surface area contributed by atoms with E-state index in [1.165, 1.54) is 35.2 Å². The number of ketones is 1. The molecule has 33 heavy (non-hydrogen) atoms. The molecule has 1 saturated heterocycles. The average Bonchev–Trinajstić information content (AvgIpc) is 3.32. The Bertz CT molecular complexity index is 1450. The Labute approximate surface area is 198 Å². The van der Waals surface area contributed by atoms with Crippen molar-refractivity contribution in [2.24, 2.45) is 0 Å². The number of fused-ring (bicyclic) bond motifs is 1. The summed E-state index contributed by atoms with van der Waals surface area (Å²) < 4.78 is 28.4. The predicted molar refractivity (Wildman–Crippen MR) is 125 cm³/mol. The SMILES string of the molecule is O=C1C(=O)N(c2nc3ccc(F)cc3s2)[C@@H](c2ccc(Br)cc2)C1=C(O)c1ccc(F)cc1. The first-order valence-corrected chi connectivity index (χ1v) is 11.3. The molecule has 2 heterocycles. The van der Waals surface area contributed by atoms with Gasteiger partial charge in [0, 0.05) is 10.0 Å². The van der Waals surface area contributed by atoms with E-state index in [4.69, 9.17) is 0 Å². The number of aromatic nitrogens is 1. The van der Waals surface area contributed by atoms with Crippen LogP contribution in [-0.2, 0) is 9.59 Å². The molecule has 0 spiro atoms. The largest absolute Gasteiger partial charge is 0.507 e. The van der Waals surface area contributed by atoms with Crippen molar-refractivity contribution in [2.75, 3.05) is 4.90 Å². The van der Waals surface area contributed by atoms with E-state index in [1.54, 1.807) is 24.3 Å². The Morgan fingerprint density at radius 3 is 2.33 bits per heavy atom. The molecule has 1 fully saturated rings. The highest BCUT2D eigenvalue weighted by Crippen LogP contribution is 2.44. The molecule has 0 aliphatic carbocycles. The predicted octanol–water partition coefficient (Wildman–Crippen LogP) is 5.96. The number of anilines is 1. The molecule has 0 radical (unpaired) electrons. The van der Waals surface area contributed by atoms with Crippen LogP contribution in [0.1, 0.15) is 17.2 Å². The molecule has 9 heteroatoms. The summed E-state index contributed by atoms with van der Waals surface area (Å²) in [5.74, 6) is -3.13. The first kappa shape index (κ1) is 21.4. The van der Waals surface area contributed by atoms with Gasteiger partial charge in [-0.2, -0.15) is 0 Å². The minimum atomic E-state index is -0.978. The second kappa shape index (κ2) is 8.17. The second-order valence-corrected chi connectivity index (χ2v) is 9.26. The van der Waals surface area contributed by atoms with Crippen LogP contribution in [0.15, 0.2) is 76.8 Å². The first-order valence-electron chi connectivity index (χ1n) is 9.72. The van der Waals surface area contributed by atoms with Crippen molar-refractivity contribution in [2.45, 2.75) is 6.04 Å². The third-order valence-electron chi connectivity index (χ3n) is 5.29. The van der Waals surface area contributed by atoms with E-state index in [-0.39, 0.29) is 16.3 Å². The van der Waals surface area contributed by atoms with E-state index in [2.05, 4.69) is 20.9 Å². The molecular weight excluding hydrogens is 514 g/mol. The van der Waals surface area contributed by atoms with E-state index in [0.29, 0.717) is 15.8 Å². The zero-order valence-electron chi connectivity index (χ0n) is 16.6. The van der Waals surface area contributed by atoms with Crippen molar-refractivity contribution >= 4 is 60.1 Å². The van der Waals surface area contributed by atoms with Gasteiger partial charge in [-0.05, 0) is 60.2 Å². The van der Waals surface area contributed by atoms with Gasteiger partial charge < -0.3 is 5.11 Å². The number of hydrogen-bond acceptors (Lipinski definition) is 5. The number of amides is 1. The number of carbonyl (C=O) groups is 2. The number of thiazole rings is 1. The van der Waals surface area contributed by atoms with Gasteiger partial charge in [0.1, 0.15) is 17.4 Å². The quantitative estimate of drug-likeness (QED) is 0.203. The molecule has 0 saturated carbocycles. The minimum Gasteiger partial charge on any atom is -0.507 e. The van der Waals surface area contributed by atoms with E-state index in [1.807, 2.05) is 0 Å². The van der Waals surface area contributed by atoms with Gasteiger partial charge in [-0.25, -0.2) is 13.8 Å². The van der Waals surface area contributed by atoms with Crippen LogP contribution in [0.2, 0.25) is 0 Å².